The molecule has 82 valence electrons. The van der Waals surface area contributed by atoms with Crippen molar-refractivity contribution in [3.8, 4) is 0 Å². The highest BCUT2D eigenvalue weighted by atomic mass is 32.2. The molecule has 7 heteroatoms. The molecule has 3 N–H and O–H groups in total. The Morgan fingerprint density at radius 3 is 3.00 bits per heavy atom. The zero-order chi connectivity index (χ0) is 10.6. The highest BCUT2D eigenvalue weighted by molar-refractivity contribution is 8.13. The van der Waals surface area contributed by atoms with Gasteiger partial charge in [-0.1, -0.05) is 17.0 Å². The second-order valence-corrected chi connectivity index (χ2v) is 3.49. The van der Waals surface area contributed by atoms with Crippen LogP contribution >= 0.6 is 11.8 Å². The van der Waals surface area contributed by atoms with E-state index < -0.39 is 0 Å². The molecule has 0 aromatic rings. The predicted octanol–water partition coefficient (Wildman–Crippen LogP) is 0.319. The summed E-state index contributed by atoms with van der Waals surface area (Å²) in [6.07, 6.45) is 1.10. The van der Waals surface area contributed by atoms with Gasteiger partial charge in [-0.3, -0.25) is 4.79 Å². The molecule has 0 unspecified atom stereocenters. The first-order chi connectivity index (χ1) is 6.81. The molecule has 0 atom stereocenters. The normalized spacial score (nSPS) is 10.9. The quantitative estimate of drug-likeness (QED) is 0.202. The molecule has 0 aromatic carbocycles. The van der Waals surface area contributed by atoms with Gasteiger partial charge < -0.3 is 15.7 Å². The van der Waals surface area contributed by atoms with E-state index >= 15 is 0 Å². The average molecular weight is 221 g/mol. The van der Waals surface area contributed by atoms with Crippen LogP contribution in [0.3, 0.4) is 0 Å². The van der Waals surface area contributed by atoms with Crippen LogP contribution in [0.2, 0.25) is 0 Å². The van der Waals surface area contributed by atoms with E-state index in [9.17, 15) is 4.79 Å². The molecule has 0 aliphatic rings. The Morgan fingerprint density at radius 1 is 1.57 bits per heavy atom. The number of carbonyl (C=O) groups is 1. The van der Waals surface area contributed by atoms with Crippen LogP contribution in [0.5, 0.6) is 0 Å². The lowest BCUT2D eigenvalue weighted by Crippen LogP contribution is -2.00. The van der Waals surface area contributed by atoms with E-state index in [1.807, 2.05) is 0 Å². The van der Waals surface area contributed by atoms with E-state index in [0.717, 1.165) is 6.42 Å². The summed E-state index contributed by atoms with van der Waals surface area (Å²) in [4.78, 5) is 11.1. The molecule has 14 heavy (non-hydrogen) atoms. The van der Waals surface area contributed by atoms with Crippen LogP contribution in [0.25, 0.3) is 0 Å². The second kappa shape index (κ2) is 10.4. The van der Waals surface area contributed by atoms with Crippen LogP contribution in [0, 0.1) is 0 Å². The van der Waals surface area contributed by atoms with Crippen molar-refractivity contribution in [2.24, 2.45) is 16.2 Å². The van der Waals surface area contributed by atoms with Gasteiger partial charge in [0.2, 0.25) is 0 Å². The molecule has 0 amide bonds. The summed E-state index contributed by atoms with van der Waals surface area (Å²) in [6, 6.07) is 0. The molecule has 6 nitrogen and oxygen atoms in total. The number of ether oxygens (including phenoxy) is 1. The Bertz CT molecular complexity index is 178. The Morgan fingerprint density at radius 2 is 2.36 bits per heavy atom. The summed E-state index contributed by atoms with van der Waals surface area (Å²) < 4.78 is 4.69. The minimum absolute atomic E-state index is 0.0707. The first-order valence-electron chi connectivity index (χ1n) is 4.22. The molecule has 0 aliphatic carbocycles. The molecule has 0 saturated heterocycles. The van der Waals surface area contributed by atoms with E-state index in [1.54, 1.807) is 0 Å². The second-order valence-electron chi connectivity index (χ2n) is 2.34. The Kier molecular flexibility index (Phi) is 9.93. The summed E-state index contributed by atoms with van der Waals surface area (Å²) in [7, 11) is 0. The summed E-state index contributed by atoms with van der Waals surface area (Å²) in [5.74, 6) is 5.46. The van der Waals surface area contributed by atoms with Gasteiger partial charge in [0.15, 0.2) is 5.12 Å². The van der Waals surface area contributed by atoms with Crippen LogP contribution in [0.1, 0.15) is 12.8 Å². The molecule has 0 aliphatic heterocycles. The van der Waals surface area contributed by atoms with E-state index in [2.05, 4.69) is 10.3 Å². The van der Waals surface area contributed by atoms with Crippen molar-refractivity contribution >= 4 is 16.9 Å². The van der Waals surface area contributed by atoms with Crippen molar-refractivity contribution < 1.29 is 14.6 Å². The van der Waals surface area contributed by atoms with Gasteiger partial charge in [-0.2, -0.15) is 5.11 Å². The molecular formula is C7H15N3O3S. The lowest BCUT2D eigenvalue weighted by molar-refractivity contribution is -0.110. The summed E-state index contributed by atoms with van der Waals surface area (Å²) in [5, 5.41) is 14.9. The van der Waals surface area contributed by atoms with Crippen LogP contribution in [-0.4, -0.2) is 35.9 Å². The lowest BCUT2D eigenvalue weighted by Gasteiger charge is -1.99. The summed E-state index contributed by atoms with van der Waals surface area (Å²) in [5.41, 5.74) is 0. The van der Waals surface area contributed by atoms with Crippen LogP contribution < -0.4 is 5.84 Å². The molecule has 0 radical (unpaired) electrons. The number of aliphatic hydroxyl groups is 1. The first kappa shape index (κ1) is 13.3. The minimum atomic E-state index is -0.268. The summed E-state index contributed by atoms with van der Waals surface area (Å²) >= 11 is 1.23. The fraction of sp³-hybridized carbons (Fsp3) is 0.857. The van der Waals surface area contributed by atoms with Crippen LogP contribution in [0.4, 0.5) is 0 Å². The molecule has 0 bridgehead atoms. The van der Waals surface area contributed by atoms with Gasteiger partial charge in [-0.25, -0.2) is 0 Å². The third-order valence-corrected chi connectivity index (χ3v) is 2.30. The topological polar surface area (TPSA) is 97.3 Å². The number of hydrogen-bond acceptors (Lipinski definition) is 6. The van der Waals surface area contributed by atoms with Crippen LogP contribution in [0.15, 0.2) is 10.3 Å². The summed E-state index contributed by atoms with van der Waals surface area (Å²) in [6.45, 7) is 0.546. The Labute approximate surface area is 86.9 Å². The zero-order valence-electron chi connectivity index (χ0n) is 7.89. The maximum Gasteiger partial charge on any atom is 0.190 e. The Balaban J connectivity index is 3.18. The highest BCUT2D eigenvalue weighted by Gasteiger charge is 2.01. The van der Waals surface area contributed by atoms with Gasteiger partial charge in [-0.05, 0) is 6.42 Å². The van der Waals surface area contributed by atoms with Gasteiger partial charge >= 0.3 is 0 Å². The fourth-order valence-electron chi connectivity index (χ4n) is 0.683. The minimum Gasteiger partial charge on any atom is -0.371 e. The predicted molar refractivity (Wildman–Crippen MR) is 53.6 cm³/mol. The van der Waals surface area contributed by atoms with Crippen molar-refractivity contribution in [1.29, 1.82) is 0 Å². The first-order valence-corrected chi connectivity index (χ1v) is 5.20. The third kappa shape index (κ3) is 9.43. The highest BCUT2D eigenvalue weighted by Crippen LogP contribution is 2.07. The molecular weight excluding hydrogens is 206 g/mol. The van der Waals surface area contributed by atoms with E-state index in [1.165, 1.54) is 11.8 Å². The fourth-order valence-corrected chi connectivity index (χ4v) is 1.41. The number of carbonyl (C=O) groups excluding carboxylic acids is 1. The third-order valence-electron chi connectivity index (χ3n) is 1.28. The maximum absolute atomic E-state index is 11.1. The van der Waals surface area contributed by atoms with E-state index in [-0.39, 0.29) is 11.9 Å². The molecule has 0 rings (SSSR count). The standard InChI is InChI=1S/C7H15N3O3S/c8-10-9-3-2-7(12)14-5-1-4-13-6-11/h11H,1-6H2,(H2,8,9). The van der Waals surface area contributed by atoms with Crippen molar-refractivity contribution in [2.45, 2.75) is 12.8 Å². The van der Waals surface area contributed by atoms with Gasteiger partial charge in [0.05, 0.1) is 13.2 Å². The van der Waals surface area contributed by atoms with Crippen molar-refractivity contribution in [2.75, 3.05) is 25.7 Å². The molecule has 0 spiro atoms. The molecule has 0 fully saturated rings. The average Bonchev–Trinajstić information content (AvgIpc) is 2.18. The molecule has 0 saturated carbocycles. The molecule has 0 aromatic heterocycles. The van der Waals surface area contributed by atoms with Gasteiger partial charge in [0, 0.05) is 12.2 Å². The number of nitrogens with two attached hydrogens (primary N) is 1. The van der Waals surface area contributed by atoms with Gasteiger partial charge in [-0.15, -0.1) is 0 Å². The SMILES string of the molecule is NN=NCCC(=O)SCCCOCO. The number of hydrogen-bond donors (Lipinski definition) is 2. The lowest BCUT2D eigenvalue weighted by atomic mass is 10.5. The van der Waals surface area contributed by atoms with Gasteiger partial charge in [0.25, 0.3) is 0 Å². The molecule has 0 heterocycles. The Hall–Kier alpha value is -0.660. The monoisotopic (exact) mass is 221 g/mol. The zero-order valence-corrected chi connectivity index (χ0v) is 8.70. The number of nitrogens with zero attached hydrogens (tertiary/aromatic N) is 2. The van der Waals surface area contributed by atoms with E-state index in [4.69, 9.17) is 15.7 Å². The van der Waals surface area contributed by atoms with Crippen molar-refractivity contribution in [1.82, 2.24) is 0 Å². The van der Waals surface area contributed by atoms with Crippen LogP contribution in [-0.2, 0) is 9.53 Å². The smallest absolute Gasteiger partial charge is 0.190 e. The van der Waals surface area contributed by atoms with Crippen molar-refractivity contribution in [3.63, 3.8) is 0 Å². The number of thioether (sulfide) groups is 1. The van der Waals surface area contributed by atoms with E-state index in [0.29, 0.717) is 25.3 Å². The maximum atomic E-state index is 11.1. The number of rotatable bonds is 8. The number of aliphatic hydroxyl groups excluding tert-OH is 1. The largest absolute Gasteiger partial charge is 0.371 e. The van der Waals surface area contributed by atoms with Crippen molar-refractivity contribution in [3.05, 3.63) is 0 Å². The van der Waals surface area contributed by atoms with Gasteiger partial charge in [0.1, 0.15) is 6.79 Å².